The van der Waals surface area contributed by atoms with Crippen LogP contribution in [0.15, 0.2) is 47.4 Å². The van der Waals surface area contributed by atoms with Crippen LogP contribution in [-0.2, 0) is 6.54 Å². The van der Waals surface area contributed by atoms with Gasteiger partial charge in [-0.1, -0.05) is 37.8 Å². The minimum absolute atomic E-state index is 0.146. The van der Waals surface area contributed by atoms with Crippen LogP contribution in [0.5, 0.6) is 0 Å². The van der Waals surface area contributed by atoms with Crippen molar-refractivity contribution in [1.29, 1.82) is 0 Å². The van der Waals surface area contributed by atoms with Crippen LogP contribution in [0.4, 0.5) is 5.95 Å². The summed E-state index contributed by atoms with van der Waals surface area (Å²) in [5.41, 5.74) is 3.98. The van der Waals surface area contributed by atoms with E-state index >= 15 is 0 Å². The average Bonchev–Trinajstić information content (AvgIpc) is 3.22. The van der Waals surface area contributed by atoms with Gasteiger partial charge >= 0.3 is 0 Å². The monoisotopic (exact) mass is 463 g/mol. The predicted molar refractivity (Wildman–Crippen MR) is 135 cm³/mol. The summed E-state index contributed by atoms with van der Waals surface area (Å²) in [5, 5.41) is 8.81. The Bertz CT molecular complexity index is 1120. The van der Waals surface area contributed by atoms with Crippen molar-refractivity contribution in [2.24, 2.45) is 5.14 Å². The van der Waals surface area contributed by atoms with E-state index in [4.69, 9.17) is 10.1 Å². The molecule has 2 aliphatic rings. The van der Waals surface area contributed by atoms with Gasteiger partial charge in [-0.25, -0.2) is 4.98 Å². The van der Waals surface area contributed by atoms with Crippen LogP contribution in [0.25, 0.3) is 11.0 Å². The van der Waals surface area contributed by atoms with Crippen molar-refractivity contribution in [2.45, 2.75) is 68.8 Å². The van der Waals surface area contributed by atoms with Crippen LogP contribution in [0.3, 0.4) is 0 Å². The molecule has 1 amide bonds. The highest BCUT2D eigenvalue weighted by molar-refractivity contribution is 7.97. The lowest BCUT2D eigenvalue weighted by Gasteiger charge is -2.26. The molecule has 6 nitrogen and oxygen atoms in total. The molecule has 1 aliphatic heterocycles. The second-order valence-electron chi connectivity index (χ2n) is 9.36. The second-order valence-corrected chi connectivity index (χ2v) is 10.1. The van der Waals surface area contributed by atoms with E-state index in [2.05, 4.69) is 33.0 Å². The summed E-state index contributed by atoms with van der Waals surface area (Å²) in [6.07, 6.45) is 9.91. The van der Waals surface area contributed by atoms with Gasteiger partial charge in [-0.2, -0.15) is 0 Å². The Hall–Kier alpha value is -2.35. The third-order valence-corrected chi connectivity index (χ3v) is 7.53. The fraction of sp³-hybridized carbons (Fsp3) is 0.462. The highest BCUT2D eigenvalue weighted by Crippen LogP contribution is 2.35. The number of imidazole rings is 1. The minimum atomic E-state index is -0.146. The number of anilines is 1. The molecule has 1 saturated carbocycles. The van der Waals surface area contributed by atoms with Gasteiger partial charge in [0.05, 0.1) is 11.0 Å². The number of hydrogen-bond acceptors (Lipinski definition) is 5. The van der Waals surface area contributed by atoms with Crippen LogP contribution in [0, 0.1) is 0 Å². The SMILES string of the molecule is NSc1cccc(C(=O)Nc2nc3cc(CN4CCCCC4)ccc3n2C2CCCCC2)c1. The number of rotatable bonds is 6. The molecule has 33 heavy (non-hydrogen) atoms. The van der Waals surface area contributed by atoms with Crippen molar-refractivity contribution in [2.75, 3.05) is 18.4 Å². The van der Waals surface area contributed by atoms with Gasteiger partial charge in [0, 0.05) is 23.0 Å². The number of fused-ring (bicyclic) bond motifs is 1. The molecule has 1 saturated heterocycles. The average molecular weight is 464 g/mol. The zero-order chi connectivity index (χ0) is 22.6. The summed E-state index contributed by atoms with van der Waals surface area (Å²) in [6, 6.07) is 14.4. The van der Waals surface area contributed by atoms with Crippen molar-refractivity contribution in [3.63, 3.8) is 0 Å². The third-order valence-electron chi connectivity index (χ3n) is 7.01. The third kappa shape index (κ3) is 5.10. The Morgan fingerprint density at radius 3 is 2.61 bits per heavy atom. The largest absolute Gasteiger partial charge is 0.307 e. The van der Waals surface area contributed by atoms with E-state index in [1.807, 2.05) is 24.3 Å². The molecule has 7 heteroatoms. The van der Waals surface area contributed by atoms with Crippen molar-refractivity contribution < 1.29 is 4.79 Å². The van der Waals surface area contributed by atoms with E-state index in [0.29, 0.717) is 17.6 Å². The standard InChI is InChI=1S/C26H33N5OS/c27-33-22-11-7-8-20(17-22)25(32)29-26-28-23-16-19(18-30-14-5-2-6-15-30)12-13-24(23)31(26)21-9-3-1-4-10-21/h7-8,11-13,16-17,21H,1-6,9-10,14-15,18,27H2,(H,28,29,32). The summed E-state index contributed by atoms with van der Waals surface area (Å²) >= 11 is 1.15. The number of carbonyl (C=O) groups is 1. The molecular formula is C26H33N5OS. The van der Waals surface area contributed by atoms with Crippen LogP contribution < -0.4 is 10.5 Å². The lowest BCUT2D eigenvalue weighted by Crippen LogP contribution is -2.29. The quantitative estimate of drug-likeness (QED) is 0.456. The molecule has 3 aromatic rings. The number of carbonyl (C=O) groups excluding carboxylic acids is 1. The number of nitrogens with zero attached hydrogens (tertiary/aromatic N) is 3. The normalized spacial score (nSPS) is 18.0. The van der Waals surface area contributed by atoms with Gasteiger partial charge in [0.15, 0.2) is 0 Å². The van der Waals surface area contributed by atoms with Crippen molar-refractivity contribution in [3.05, 3.63) is 53.6 Å². The first-order valence-electron chi connectivity index (χ1n) is 12.2. The molecule has 0 bridgehead atoms. The predicted octanol–water partition coefficient (Wildman–Crippen LogP) is 5.75. The Balaban J connectivity index is 1.46. The number of amides is 1. The molecule has 0 unspecified atom stereocenters. The Morgan fingerprint density at radius 1 is 1.03 bits per heavy atom. The summed E-state index contributed by atoms with van der Waals surface area (Å²) in [7, 11) is 0. The van der Waals surface area contributed by atoms with E-state index in [0.717, 1.165) is 47.3 Å². The van der Waals surface area contributed by atoms with Crippen LogP contribution >= 0.6 is 11.9 Å². The number of piperidine rings is 1. The lowest BCUT2D eigenvalue weighted by molar-refractivity contribution is 0.102. The maximum absolute atomic E-state index is 13.1. The lowest BCUT2D eigenvalue weighted by atomic mass is 9.95. The molecule has 2 aromatic carbocycles. The van der Waals surface area contributed by atoms with Crippen LogP contribution in [0.2, 0.25) is 0 Å². The zero-order valence-electron chi connectivity index (χ0n) is 19.1. The smallest absolute Gasteiger partial charge is 0.258 e. The van der Waals surface area contributed by atoms with Crippen LogP contribution in [0.1, 0.15) is 73.3 Å². The first-order valence-corrected chi connectivity index (χ1v) is 13.1. The number of benzene rings is 2. The minimum Gasteiger partial charge on any atom is -0.307 e. The summed E-state index contributed by atoms with van der Waals surface area (Å²) in [6.45, 7) is 3.32. The fourth-order valence-corrected chi connectivity index (χ4v) is 5.65. The fourth-order valence-electron chi connectivity index (χ4n) is 5.30. The number of nitrogens with one attached hydrogen (secondary N) is 1. The van der Waals surface area contributed by atoms with E-state index in [1.165, 1.54) is 57.2 Å². The highest BCUT2D eigenvalue weighted by atomic mass is 32.2. The number of aromatic nitrogens is 2. The van der Waals surface area contributed by atoms with Gasteiger partial charge in [0.2, 0.25) is 5.95 Å². The Labute approximate surface area is 200 Å². The van der Waals surface area contributed by atoms with Gasteiger partial charge < -0.3 is 4.57 Å². The molecule has 3 N–H and O–H groups in total. The van der Waals surface area contributed by atoms with Gasteiger partial charge in [-0.05, 0) is 86.6 Å². The van der Waals surface area contributed by atoms with E-state index in [9.17, 15) is 4.79 Å². The molecule has 1 aromatic heterocycles. The molecule has 174 valence electrons. The van der Waals surface area contributed by atoms with Gasteiger partial charge in [-0.3, -0.25) is 20.2 Å². The van der Waals surface area contributed by atoms with E-state index in [1.54, 1.807) is 0 Å². The maximum Gasteiger partial charge on any atom is 0.258 e. The molecular weight excluding hydrogens is 430 g/mol. The summed E-state index contributed by atoms with van der Waals surface area (Å²) < 4.78 is 2.28. The molecule has 0 spiro atoms. The van der Waals surface area contributed by atoms with Crippen LogP contribution in [-0.4, -0.2) is 33.4 Å². The topological polar surface area (TPSA) is 76.2 Å². The number of nitrogens with two attached hydrogens (primary N) is 1. The van der Waals surface area contributed by atoms with E-state index < -0.39 is 0 Å². The molecule has 2 fully saturated rings. The molecule has 2 heterocycles. The molecule has 0 atom stereocenters. The molecule has 0 radical (unpaired) electrons. The summed E-state index contributed by atoms with van der Waals surface area (Å²) in [5.74, 6) is 0.509. The van der Waals surface area contributed by atoms with Gasteiger partial charge in [0.1, 0.15) is 0 Å². The Morgan fingerprint density at radius 2 is 1.82 bits per heavy atom. The number of likely N-dealkylation sites (tertiary alicyclic amines) is 1. The first-order chi connectivity index (χ1) is 16.2. The highest BCUT2D eigenvalue weighted by Gasteiger charge is 2.23. The summed E-state index contributed by atoms with van der Waals surface area (Å²) in [4.78, 5) is 21.4. The number of hydrogen-bond donors (Lipinski definition) is 2. The first kappa shape index (κ1) is 22.4. The van der Waals surface area contributed by atoms with Crippen molar-refractivity contribution >= 4 is 34.8 Å². The Kier molecular flexibility index (Phi) is 6.99. The van der Waals surface area contributed by atoms with Gasteiger partial charge in [0.25, 0.3) is 5.91 Å². The second kappa shape index (κ2) is 10.3. The maximum atomic E-state index is 13.1. The molecule has 5 rings (SSSR count). The molecule has 1 aliphatic carbocycles. The van der Waals surface area contributed by atoms with Gasteiger partial charge in [-0.15, -0.1) is 0 Å². The zero-order valence-corrected chi connectivity index (χ0v) is 19.9. The van der Waals surface area contributed by atoms with Crippen molar-refractivity contribution in [3.8, 4) is 0 Å². The van der Waals surface area contributed by atoms with E-state index in [-0.39, 0.29) is 5.91 Å². The van der Waals surface area contributed by atoms with Crippen molar-refractivity contribution in [1.82, 2.24) is 14.5 Å².